The van der Waals surface area contributed by atoms with E-state index in [0.717, 1.165) is 44.5 Å². The number of rotatable bonds is 5. The summed E-state index contributed by atoms with van der Waals surface area (Å²) in [4.78, 5) is 14.5. The monoisotopic (exact) mass is 278 g/mol. The Labute approximate surface area is 120 Å². The number of hydrogen-bond donors (Lipinski definition) is 1. The third-order valence-electron chi connectivity index (χ3n) is 3.78. The average Bonchev–Trinajstić information content (AvgIpc) is 2.45. The van der Waals surface area contributed by atoms with Crippen molar-refractivity contribution in [2.45, 2.75) is 38.6 Å². The summed E-state index contributed by atoms with van der Waals surface area (Å²) >= 11 is 0. The largest absolute Gasteiger partial charge is 0.339 e. The minimum atomic E-state index is -0.279. The smallest absolute Gasteiger partial charge is 0.227 e. The van der Waals surface area contributed by atoms with Crippen LogP contribution in [-0.4, -0.2) is 36.5 Å². The third kappa shape index (κ3) is 4.04. The molecule has 1 saturated heterocycles. The molecule has 0 spiro atoms. The molecular weight excluding hydrogens is 255 g/mol. The van der Waals surface area contributed by atoms with E-state index in [-0.39, 0.29) is 11.7 Å². The SMILES string of the molecule is CCCN(C(=O)Cc1cccc(F)c1)C1CCNCC1. The molecular formula is C16H23FN2O. The molecule has 1 amide bonds. The fraction of sp³-hybridized carbons (Fsp3) is 0.562. The Hall–Kier alpha value is -1.42. The third-order valence-corrected chi connectivity index (χ3v) is 3.78. The first-order valence-corrected chi connectivity index (χ1v) is 7.45. The van der Waals surface area contributed by atoms with Gasteiger partial charge in [-0.2, -0.15) is 0 Å². The molecule has 1 aliphatic heterocycles. The van der Waals surface area contributed by atoms with E-state index < -0.39 is 0 Å². The molecule has 3 nitrogen and oxygen atoms in total. The van der Waals surface area contributed by atoms with Crippen LogP contribution in [0.3, 0.4) is 0 Å². The number of piperidine rings is 1. The number of halogens is 1. The van der Waals surface area contributed by atoms with Crippen LogP contribution in [-0.2, 0) is 11.2 Å². The number of benzene rings is 1. The van der Waals surface area contributed by atoms with Crippen molar-refractivity contribution in [3.63, 3.8) is 0 Å². The lowest BCUT2D eigenvalue weighted by Crippen LogP contribution is -2.47. The minimum absolute atomic E-state index is 0.115. The first-order chi connectivity index (χ1) is 9.70. The number of carbonyl (C=O) groups is 1. The van der Waals surface area contributed by atoms with Crippen LogP contribution in [0.25, 0.3) is 0 Å². The van der Waals surface area contributed by atoms with Crippen LogP contribution in [0.4, 0.5) is 4.39 Å². The van der Waals surface area contributed by atoms with Gasteiger partial charge in [-0.3, -0.25) is 4.79 Å². The van der Waals surface area contributed by atoms with Gasteiger partial charge in [0.2, 0.25) is 5.91 Å². The quantitative estimate of drug-likeness (QED) is 0.896. The molecule has 0 aliphatic carbocycles. The highest BCUT2D eigenvalue weighted by molar-refractivity contribution is 5.79. The van der Waals surface area contributed by atoms with E-state index in [1.165, 1.54) is 12.1 Å². The van der Waals surface area contributed by atoms with Crippen molar-refractivity contribution < 1.29 is 9.18 Å². The van der Waals surface area contributed by atoms with Gasteiger partial charge in [-0.1, -0.05) is 19.1 Å². The Morgan fingerprint density at radius 3 is 2.80 bits per heavy atom. The van der Waals surface area contributed by atoms with Crippen LogP contribution >= 0.6 is 0 Å². The van der Waals surface area contributed by atoms with E-state index >= 15 is 0 Å². The Bertz CT molecular complexity index is 444. The Morgan fingerprint density at radius 2 is 2.15 bits per heavy atom. The number of hydrogen-bond acceptors (Lipinski definition) is 2. The zero-order valence-electron chi connectivity index (χ0n) is 12.1. The van der Waals surface area contributed by atoms with Crippen LogP contribution in [0.15, 0.2) is 24.3 Å². The van der Waals surface area contributed by atoms with Gasteiger partial charge >= 0.3 is 0 Å². The second-order valence-electron chi connectivity index (χ2n) is 5.38. The zero-order chi connectivity index (χ0) is 14.4. The summed E-state index contributed by atoms with van der Waals surface area (Å²) in [6.45, 7) is 4.82. The predicted octanol–water partition coefficient (Wildman–Crippen LogP) is 2.36. The van der Waals surface area contributed by atoms with Crippen molar-refractivity contribution in [3.05, 3.63) is 35.6 Å². The first kappa shape index (κ1) is 15.0. The molecule has 0 bridgehead atoms. The van der Waals surface area contributed by atoms with E-state index in [2.05, 4.69) is 12.2 Å². The van der Waals surface area contributed by atoms with Gasteiger partial charge in [0, 0.05) is 12.6 Å². The first-order valence-electron chi connectivity index (χ1n) is 7.45. The van der Waals surface area contributed by atoms with Gasteiger partial charge in [0.1, 0.15) is 5.82 Å². The van der Waals surface area contributed by atoms with Gasteiger partial charge in [-0.05, 0) is 50.0 Å². The molecule has 0 saturated carbocycles. The lowest BCUT2D eigenvalue weighted by molar-refractivity contribution is -0.133. The summed E-state index contributed by atoms with van der Waals surface area (Å²) in [6, 6.07) is 6.66. The molecule has 0 aromatic heterocycles. The van der Waals surface area contributed by atoms with Gasteiger partial charge in [-0.15, -0.1) is 0 Å². The van der Waals surface area contributed by atoms with Crippen molar-refractivity contribution in [3.8, 4) is 0 Å². The molecule has 2 rings (SSSR count). The average molecular weight is 278 g/mol. The summed E-state index contributed by atoms with van der Waals surface area (Å²) < 4.78 is 13.2. The van der Waals surface area contributed by atoms with Crippen LogP contribution in [0.5, 0.6) is 0 Å². The fourth-order valence-electron chi connectivity index (χ4n) is 2.79. The van der Waals surface area contributed by atoms with E-state index in [9.17, 15) is 9.18 Å². The molecule has 110 valence electrons. The van der Waals surface area contributed by atoms with E-state index in [1.54, 1.807) is 6.07 Å². The highest BCUT2D eigenvalue weighted by Gasteiger charge is 2.24. The molecule has 4 heteroatoms. The summed E-state index contributed by atoms with van der Waals surface area (Å²) in [5.74, 6) is -0.163. The van der Waals surface area contributed by atoms with Crippen molar-refractivity contribution in [2.24, 2.45) is 0 Å². The van der Waals surface area contributed by atoms with Crippen LogP contribution in [0.1, 0.15) is 31.7 Å². The molecule has 0 atom stereocenters. The summed E-state index contributed by atoms with van der Waals surface area (Å²) in [5, 5.41) is 3.32. The zero-order valence-corrected chi connectivity index (χ0v) is 12.1. The Kier molecular flexibility index (Phi) is 5.53. The minimum Gasteiger partial charge on any atom is -0.339 e. The maximum absolute atomic E-state index is 13.2. The molecule has 1 N–H and O–H groups in total. The second kappa shape index (κ2) is 7.39. The number of carbonyl (C=O) groups excluding carboxylic acids is 1. The molecule has 1 aromatic carbocycles. The van der Waals surface area contributed by atoms with E-state index in [1.807, 2.05) is 11.0 Å². The Balaban J connectivity index is 2.02. The topological polar surface area (TPSA) is 32.3 Å². The number of amides is 1. The number of nitrogens with zero attached hydrogens (tertiary/aromatic N) is 1. The normalized spacial score (nSPS) is 16.1. The molecule has 1 fully saturated rings. The van der Waals surface area contributed by atoms with Gasteiger partial charge in [0.05, 0.1) is 6.42 Å². The molecule has 0 radical (unpaired) electrons. The van der Waals surface area contributed by atoms with Crippen molar-refractivity contribution in [1.82, 2.24) is 10.2 Å². The lowest BCUT2D eigenvalue weighted by Gasteiger charge is -2.34. The summed E-state index contributed by atoms with van der Waals surface area (Å²) in [6.07, 6.45) is 3.27. The fourth-order valence-corrected chi connectivity index (χ4v) is 2.79. The Morgan fingerprint density at radius 1 is 1.40 bits per heavy atom. The van der Waals surface area contributed by atoms with Crippen molar-refractivity contribution >= 4 is 5.91 Å². The molecule has 0 unspecified atom stereocenters. The summed E-state index contributed by atoms with van der Waals surface area (Å²) in [7, 11) is 0. The highest BCUT2D eigenvalue weighted by atomic mass is 19.1. The number of nitrogens with one attached hydrogen (secondary N) is 1. The van der Waals surface area contributed by atoms with E-state index in [0.29, 0.717) is 12.5 Å². The van der Waals surface area contributed by atoms with Gasteiger partial charge < -0.3 is 10.2 Å². The molecule has 1 aromatic rings. The second-order valence-corrected chi connectivity index (χ2v) is 5.38. The van der Waals surface area contributed by atoms with Crippen molar-refractivity contribution in [2.75, 3.05) is 19.6 Å². The predicted molar refractivity (Wildman–Crippen MR) is 78.0 cm³/mol. The maximum Gasteiger partial charge on any atom is 0.227 e. The lowest BCUT2D eigenvalue weighted by atomic mass is 10.0. The summed E-state index contributed by atoms with van der Waals surface area (Å²) in [5.41, 5.74) is 0.755. The highest BCUT2D eigenvalue weighted by Crippen LogP contribution is 2.15. The molecule has 20 heavy (non-hydrogen) atoms. The standard InChI is InChI=1S/C16H23FN2O/c1-2-10-19(15-6-8-18-9-7-15)16(20)12-13-4-3-5-14(17)11-13/h3-5,11,15,18H,2,6-10,12H2,1H3. The molecule has 1 aliphatic rings. The van der Waals surface area contributed by atoms with Crippen LogP contribution in [0, 0.1) is 5.82 Å². The maximum atomic E-state index is 13.2. The van der Waals surface area contributed by atoms with Crippen LogP contribution < -0.4 is 5.32 Å². The van der Waals surface area contributed by atoms with Crippen molar-refractivity contribution in [1.29, 1.82) is 0 Å². The molecule has 1 heterocycles. The van der Waals surface area contributed by atoms with Gasteiger partial charge in [0.25, 0.3) is 0 Å². The van der Waals surface area contributed by atoms with Gasteiger partial charge in [-0.25, -0.2) is 4.39 Å². The van der Waals surface area contributed by atoms with Gasteiger partial charge in [0.15, 0.2) is 0 Å². The van der Waals surface area contributed by atoms with E-state index in [4.69, 9.17) is 0 Å². The van der Waals surface area contributed by atoms with Crippen LogP contribution in [0.2, 0.25) is 0 Å².